The Labute approximate surface area is 365 Å². The summed E-state index contributed by atoms with van der Waals surface area (Å²) in [5.74, 6) is 0.699. The van der Waals surface area contributed by atoms with Crippen molar-refractivity contribution in [2.24, 2.45) is 0 Å². The zero-order chi connectivity index (χ0) is 41.0. The van der Waals surface area contributed by atoms with Crippen LogP contribution in [0.3, 0.4) is 0 Å². The lowest BCUT2D eigenvalue weighted by atomic mass is 9.67. The van der Waals surface area contributed by atoms with Gasteiger partial charge in [0.15, 0.2) is 5.82 Å². The van der Waals surface area contributed by atoms with Gasteiger partial charge in [0.05, 0.1) is 16.8 Å². The van der Waals surface area contributed by atoms with Crippen molar-refractivity contribution < 1.29 is 0 Å². The second kappa shape index (κ2) is 14.8. The van der Waals surface area contributed by atoms with Gasteiger partial charge in [-0.05, 0) is 86.0 Å². The van der Waals surface area contributed by atoms with Gasteiger partial charge < -0.3 is 0 Å². The minimum atomic E-state index is -0.502. The van der Waals surface area contributed by atoms with Gasteiger partial charge in [-0.25, -0.2) is 9.97 Å². The third-order valence-electron chi connectivity index (χ3n) is 12.6. The van der Waals surface area contributed by atoms with Crippen molar-refractivity contribution in [1.82, 2.24) is 9.97 Å². The third kappa shape index (κ3) is 5.85. The van der Waals surface area contributed by atoms with E-state index in [1.54, 1.807) is 0 Å². The lowest BCUT2D eigenvalue weighted by Gasteiger charge is -2.33. The summed E-state index contributed by atoms with van der Waals surface area (Å²) in [6.07, 6.45) is 0. The molecule has 0 spiro atoms. The molecule has 12 rings (SSSR count). The lowest BCUT2D eigenvalue weighted by Crippen LogP contribution is -2.28. The number of thiophene rings is 1. The van der Waals surface area contributed by atoms with Gasteiger partial charge in [-0.1, -0.05) is 200 Å². The molecular formula is C59H38N2S. The van der Waals surface area contributed by atoms with Crippen LogP contribution in [0.15, 0.2) is 231 Å². The molecule has 0 unspecified atom stereocenters. The molecule has 9 aromatic carbocycles. The van der Waals surface area contributed by atoms with Gasteiger partial charge >= 0.3 is 0 Å². The smallest absolute Gasteiger partial charge is 0.160 e. The van der Waals surface area contributed by atoms with Crippen LogP contribution in [0, 0.1) is 0 Å². The first-order valence-electron chi connectivity index (χ1n) is 21.1. The van der Waals surface area contributed by atoms with Crippen LogP contribution >= 0.6 is 11.3 Å². The van der Waals surface area contributed by atoms with Crippen LogP contribution in [0.4, 0.5) is 0 Å². The van der Waals surface area contributed by atoms with E-state index in [0.717, 1.165) is 39.2 Å². The Bertz CT molecular complexity index is 3400. The summed E-state index contributed by atoms with van der Waals surface area (Å²) in [6.45, 7) is 0. The highest BCUT2D eigenvalue weighted by atomic mass is 32.1. The molecule has 0 radical (unpaired) electrons. The fourth-order valence-electron chi connectivity index (χ4n) is 9.77. The highest BCUT2D eigenvalue weighted by molar-refractivity contribution is 7.25. The fourth-order valence-corrected chi connectivity index (χ4v) is 10.9. The molecule has 0 saturated heterocycles. The number of hydrogen-bond donors (Lipinski definition) is 0. The monoisotopic (exact) mass is 806 g/mol. The van der Waals surface area contributed by atoms with Crippen LogP contribution in [0.5, 0.6) is 0 Å². The molecule has 0 aliphatic heterocycles. The summed E-state index contributed by atoms with van der Waals surface area (Å²) >= 11 is 1.86. The van der Waals surface area contributed by atoms with E-state index in [0.29, 0.717) is 5.82 Å². The van der Waals surface area contributed by atoms with Crippen molar-refractivity contribution >= 4 is 31.5 Å². The standard InChI is InChI=1S/C59H38N2S/c1-4-16-41(17-5-1)58-60-53(44-19-14-18-42(36-44)39-30-32-40(33-31-39)43-34-35-56-50(37-43)47-24-11-13-29-55(47)62-56)38-54(61-58)49-26-15-28-52-57(49)48-25-10-12-27-51(48)59(52,45-20-6-2-7-21-45)46-22-8-3-9-23-46/h1-38H. The highest BCUT2D eigenvalue weighted by Crippen LogP contribution is 2.58. The first kappa shape index (κ1) is 36.2. The van der Waals surface area contributed by atoms with Crippen LogP contribution in [-0.4, -0.2) is 9.97 Å². The Morgan fingerprint density at radius 3 is 1.61 bits per heavy atom. The zero-order valence-electron chi connectivity index (χ0n) is 33.7. The molecule has 0 fully saturated rings. The summed E-state index contributed by atoms with van der Waals surface area (Å²) in [5, 5.41) is 2.63. The van der Waals surface area contributed by atoms with Gasteiger partial charge in [-0.15, -0.1) is 11.3 Å². The Hall–Kier alpha value is -7.72. The molecular weight excluding hydrogens is 769 g/mol. The maximum atomic E-state index is 5.38. The molecule has 290 valence electrons. The molecule has 62 heavy (non-hydrogen) atoms. The number of nitrogens with zero attached hydrogens (tertiary/aromatic N) is 2. The minimum Gasteiger partial charge on any atom is -0.228 e. The number of aromatic nitrogens is 2. The molecule has 2 aromatic heterocycles. The quantitative estimate of drug-likeness (QED) is 0.160. The molecule has 0 atom stereocenters. The Morgan fingerprint density at radius 1 is 0.323 bits per heavy atom. The number of hydrogen-bond acceptors (Lipinski definition) is 3. The van der Waals surface area contributed by atoms with Gasteiger partial charge in [0, 0.05) is 36.9 Å². The molecule has 11 aromatic rings. The van der Waals surface area contributed by atoms with Crippen molar-refractivity contribution in [3.05, 3.63) is 253 Å². The van der Waals surface area contributed by atoms with E-state index in [9.17, 15) is 0 Å². The van der Waals surface area contributed by atoms with E-state index in [1.165, 1.54) is 64.7 Å². The largest absolute Gasteiger partial charge is 0.228 e. The Kier molecular flexibility index (Phi) is 8.62. The molecule has 1 aliphatic carbocycles. The first-order chi connectivity index (χ1) is 30.7. The molecule has 0 amide bonds. The van der Waals surface area contributed by atoms with Gasteiger partial charge in [0.2, 0.25) is 0 Å². The van der Waals surface area contributed by atoms with E-state index in [-0.39, 0.29) is 0 Å². The van der Waals surface area contributed by atoms with Crippen LogP contribution in [0.25, 0.3) is 87.5 Å². The van der Waals surface area contributed by atoms with Crippen molar-refractivity contribution in [3.8, 4) is 67.3 Å². The minimum absolute atomic E-state index is 0.502. The van der Waals surface area contributed by atoms with E-state index < -0.39 is 5.41 Å². The lowest BCUT2D eigenvalue weighted by molar-refractivity contribution is 0.768. The van der Waals surface area contributed by atoms with Gasteiger partial charge in [-0.3, -0.25) is 0 Å². The fraction of sp³-hybridized carbons (Fsp3) is 0.0169. The molecule has 0 saturated carbocycles. The summed E-state index contributed by atoms with van der Waals surface area (Å²) in [7, 11) is 0. The Balaban J connectivity index is 0.986. The molecule has 1 aliphatic rings. The number of rotatable bonds is 7. The Morgan fingerprint density at radius 2 is 0.855 bits per heavy atom. The predicted molar refractivity (Wildman–Crippen MR) is 259 cm³/mol. The van der Waals surface area contributed by atoms with Crippen LogP contribution < -0.4 is 0 Å². The summed E-state index contributed by atoms with van der Waals surface area (Å²) < 4.78 is 2.65. The molecule has 2 heterocycles. The maximum absolute atomic E-state index is 5.38. The molecule has 2 nitrogen and oxygen atoms in total. The number of benzene rings is 9. The van der Waals surface area contributed by atoms with Crippen LogP contribution in [0.1, 0.15) is 22.3 Å². The van der Waals surface area contributed by atoms with Crippen molar-refractivity contribution in [3.63, 3.8) is 0 Å². The topological polar surface area (TPSA) is 25.8 Å². The van der Waals surface area contributed by atoms with Gasteiger partial charge in [-0.2, -0.15) is 0 Å². The first-order valence-corrected chi connectivity index (χ1v) is 22.0. The highest BCUT2D eigenvalue weighted by Gasteiger charge is 2.46. The van der Waals surface area contributed by atoms with Crippen LogP contribution in [0.2, 0.25) is 0 Å². The maximum Gasteiger partial charge on any atom is 0.160 e. The van der Waals surface area contributed by atoms with E-state index in [2.05, 4.69) is 224 Å². The molecule has 0 bridgehead atoms. The third-order valence-corrected chi connectivity index (χ3v) is 13.8. The zero-order valence-corrected chi connectivity index (χ0v) is 34.6. The van der Waals surface area contributed by atoms with Gasteiger partial charge in [0.25, 0.3) is 0 Å². The van der Waals surface area contributed by atoms with Crippen molar-refractivity contribution in [2.45, 2.75) is 5.41 Å². The van der Waals surface area contributed by atoms with Crippen molar-refractivity contribution in [2.75, 3.05) is 0 Å². The SMILES string of the molecule is c1ccc(-c2nc(-c3cccc(-c4ccc(-c5ccc6sc7ccccc7c6c5)cc4)c3)cc(-c3cccc4c3-c3ccccc3C4(c3ccccc3)c3ccccc3)n2)cc1. The van der Waals surface area contributed by atoms with Gasteiger partial charge in [0.1, 0.15) is 0 Å². The normalized spacial score (nSPS) is 12.6. The summed E-state index contributed by atoms with van der Waals surface area (Å²) in [5.41, 5.74) is 16.5. The van der Waals surface area contributed by atoms with E-state index in [4.69, 9.17) is 9.97 Å². The number of fused-ring (bicyclic) bond motifs is 6. The van der Waals surface area contributed by atoms with Crippen LogP contribution in [-0.2, 0) is 5.41 Å². The molecule has 3 heteroatoms. The predicted octanol–water partition coefficient (Wildman–Crippen LogP) is 15.5. The van der Waals surface area contributed by atoms with Crippen molar-refractivity contribution in [1.29, 1.82) is 0 Å². The average molecular weight is 807 g/mol. The van der Waals surface area contributed by atoms with E-state index in [1.807, 2.05) is 17.4 Å². The van der Waals surface area contributed by atoms with E-state index >= 15 is 0 Å². The molecule has 0 N–H and O–H groups in total. The second-order valence-electron chi connectivity index (χ2n) is 16.1. The average Bonchev–Trinajstić information content (AvgIpc) is 3.88. The summed E-state index contributed by atoms with van der Waals surface area (Å²) in [4.78, 5) is 10.7. The second-order valence-corrected chi connectivity index (χ2v) is 17.1. The summed E-state index contributed by atoms with van der Waals surface area (Å²) in [6, 6.07) is 83.4.